The number of unbranched alkanes of at least 4 members (excludes halogenated alkanes) is 4. The molecule has 2 nitrogen and oxygen atoms in total. The van der Waals surface area contributed by atoms with Crippen molar-refractivity contribution in [3.8, 4) is 0 Å². The van der Waals surface area contributed by atoms with E-state index in [1.807, 2.05) is 0 Å². The summed E-state index contributed by atoms with van der Waals surface area (Å²) in [7, 11) is 0. The SMILES string of the molecule is CCCCCC1(CCCCC)CCNC1=O. The topological polar surface area (TPSA) is 29.1 Å². The predicted molar refractivity (Wildman–Crippen MR) is 68.3 cm³/mol. The number of nitrogens with one attached hydrogen (secondary N) is 1. The largest absolute Gasteiger partial charge is 0.356 e. The fraction of sp³-hybridized carbons (Fsp3) is 0.929. The van der Waals surface area contributed by atoms with Crippen molar-refractivity contribution in [3.63, 3.8) is 0 Å². The van der Waals surface area contributed by atoms with Crippen molar-refractivity contribution in [2.75, 3.05) is 6.54 Å². The highest BCUT2D eigenvalue weighted by molar-refractivity contribution is 5.84. The first kappa shape index (κ1) is 13.5. The lowest BCUT2D eigenvalue weighted by molar-refractivity contribution is -0.128. The first-order valence-corrected chi connectivity index (χ1v) is 7.03. The van der Waals surface area contributed by atoms with Gasteiger partial charge in [0.25, 0.3) is 0 Å². The van der Waals surface area contributed by atoms with Gasteiger partial charge in [0.2, 0.25) is 5.91 Å². The van der Waals surface area contributed by atoms with Crippen LogP contribution in [0.2, 0.25) is 0 Å². The van der Waals surface area contributed by atoms with Gasteiger partial charge in [-0.25, -0.2) is 0 Å². The zero-order valence-electron chi connectivity index (χ0n) is 11.0. The molecule has 2 heteroatoms. The highest BCUT2D eigenvalue weighted by Crippen LogP contribution is 2.38. The third kappa shape index (κ3) is 3.50. The van der Waals surface area contributed by atoms with Crippen LogP contribution in [0, 0.1) is 5.41 Å². The van der Waals surface area contributed by atoms with Crippen molar-refractivity contribution < 1.29 is 4.79 Å². The van der Waals surface area contributed by atoms with Gasteiger partial charge in [0.15, 0.2) is 0 Å². The minimum Gasteiger partial charge on any atom is -0.356 e. The Hall–Kier alpha value is -0.530. The second kappa shape index (κ2) is 6.93. The van der Waals surface area contributed by atoms with Crippen LogP contribution in [-0.2, 0) is 4.79 Å². The van der Waals surface area contributed by atoms with E-state index in [9.17, 15) is 4.79 Å². The number of hydrogen-bond acceptors (Lipinski definition) is 1. The molecule has 0 atom stereocenters. The molecule has 0 aliphatic carbocycles. The summed E-state index contributed by atoms with van der Waals surface area (Å²) in [6.07, 6.45) is 10.7. The molecule has 0 bridgehead atoms. The Labute approximate surface area is 100 Å². The molecule has 1 heterocycles. The molecule has 0 saturated carbocycles. The van der Waals surface area contributed by atoms with Crippen molar-refractivity contribution in [1.82, 2.24) is 5.32 Å². The molecule has 94 valence electrons. The first-order valence-electron chi connectivity index (χ1n) is 7.03. The Balaban J connectivity index is 2.44. The van der Waals surface area contributed by atoms with Gasteiger partial charge in [0.05, 0.1) is 5.41 Å². The highest BCUT2D eigenvalue weighted by atomic mass is 16.2. The molecule has 0 radical (unpaired) electrons. The summed E-state index contributed by atoms with van der Waals surface area (Å²) >= 11 is 0. The smallest absolute Gasteiger partial charge is 0.226 e. The van der Waals surface area contributed by atoms with E-state index in [1.165, 1.54) is 38.5 Å². The summed E-state index contributed by atoms with van der Waals surface area (Å²) in [4.78, 5) is 12.0. The van der Waals surface area contributed by atoms with Crippen molar-refractivity contribution in [2.45, 2.75) is 71.6 Å². The minimum atomic E-state index is 0.00431. The van der Waals surface area contributed by atoms with Crippen molar-refractivity contribution in [3.05, 3.63) is 0 Å². The molecule has 0 aromatic heterocycles. The fourth-order valence-corrected chi connectivity index (χ4v) is 2.75. The maximum atomic E-state index is 12.0. The van der Waals surface area contributed by atoms with Crippen LogP contribution in [0.4, 0.5) is 0 Å². The summed E-state index contributed by atoms with van der Waals surface area (Å²) in [5, 5.41) is 3.03. The number of rotatable bonds is 8. The van der Waals surface area contributed by atoms with E-state index in [1.54, 1.807) is 0 Å². The van der Waals surface area contributed by atoms with Gasteiger partial charge in [0.1, 0.15) is 0 Å². The Morgan fingerprint density at radius 3 is 2.00 bits per heavy atom. The van der Waals surface area contributed by atoms with Crippen LogP contribution < -0.4 is 5.32 Å². The lowest BCUT2D eigenvalue weighted by Gasteiger charge is -2.26. The molecule has 1 rings (SSSR count). The second-order valence-electron chi connectivity index (χ2n) is 5.20. The molecule has 1 aliphatic heterocycles. The van der Waals surface area contributed by atoms with Crippen LogP contribution in [-0.4, -0.2) is 12.5 Å². The molecule has 1 saturated heterocycles. The summed E-state index contributed by atoms with van der Waals surface area (Å²) in [6, 6.07) is 0. The van der Waals surface area contributed by atoms with E-state index in [2.05, 4.69) is 19.2 Å². The second-order valence-corrected chi connectivity index (χ2v) is 5.20. The molecule has 0 spiro atoms. The van der Waals surface area contributed by atoms with E-state index in [0.29, 0.717) is 5.91 Å². The maximum absolute atomic E-state index is 12.0. The summed E-state index contributed by atoms with van der Waals surface area (Å²) in [6.45, 7) is 5.34. The molecule has 0 unspecified atom stereocenters. The van der Waals surface area contributed by atoms with Gasteiger partial charge in [-0.2, -0.15) is 0 Å². The molecule has 1 amide bonds. The normalized spacial score (nSPS) is 18.8. The van der Waals surface area contributed by atoms with Gasteiger partial charge in [-0.3, -0.25) is 4.79 Å². The van der Waals surface area contributed by atoms with Crippen LogP contribution in [0.25, 0.3) is 0 Å². The molecule has 1 aliphatic rings. The lowest BCUT2D eigenvalue weighted by atomic mass is 9.77. The molecular formula is C14H27NO. The minimum absolute atomic E-state index is 0.00431. The van der Waals surface area contributed by atoms with E-state index in [4.69, 9.17) is 0 Å². The zero-order chi connectivity index (χ0) is 11.9. The average Bonchev–Trinajstić information content (AvgIpc) is 2.62. The van der Waals surface area contributed by atoms with Crippen LogP contribution in [0.1, 0.15) is 71.6 Å². The summed E-state index contributed by atoms with van der Waals surface area (Å²) in [5.41, 5.74) is 0.00431. The van der Waals surface area contributed by atoms with Crippen molar-refractivity contribution in [1.29, 1.82) is 0 Å². The fourth-order valence-electron chi connectivity index (χ4n) is 2.75. The standard InChI is InChI=1S/C14H27NO/c1-3-5-7-9-14(10-8-6-4-2)11-12-15-13(14)16/h3-12H2,1-2H3,(H,15,16). The molecule has 16 heavy (non-hydrogen) atoms. The number of amides is 1. The Morgan fingerprint density at radius 1 is 1.06 bits per heavy atom. The van der Waals surface area contributed by atoms with E-state index < -0.39 is 0 Å². The molecular weight excluding hydrogens is 198 g/mol. The van der Waals surface area contributed by atoms with Crippen LogP contribution in [0.15, 0.2) is 0 Å². The number of carbonyl (C=O) groups excluding carboxylic acids is 1. The third-order valence-electron chi connectivity index (χ3n) is 3.89. The number of hydrogen-bond donors (Lipinski definition) is 1. The summed E-state index contributed by atoms with van der Waals surface area (Å²) < 4.78 is 0. The maximum Gasteiger partial charge on any atom is 0.226 e. The van der Waals surface area contributed by atoms with E-state index in [0.717, 1.165) is 25.8 Å². The van der Waals surface area contributed by atoms with Gasteiger partial charge in [-0.1, -0.05) is 52.4 Å². The molecule has 1 N–H and O–H groups in total. The van der Waals surface area contributed by atoms with E-state index >= 15 is 0 Å². The quantitative estimate of drug-likeness (QED) is 0.628. The molecule has 0 aromatic rings. The van der Waals surface area contributed by atoms with E-state index in [-0.39, 0.29) is 5.41 Å². The third-order valence-corrected chi connectivity index (χ3v) is 3.89. The Bertz CT molecular complexity index is 203. The van der Waals surface area contributed by atoms with Crippen LogP contribution in [0.5, 0.6) is 0 Å². The van der Waals surface area contributed by atoms with Gasteiger partial charge in [-0.05, 0) is 19.3 Å². The van der Waals surface area contributed by atoms with Gasteiger partial charge in [0, 0.05) is 6.54 Å². The predicted octanol–water partition coefficient (Wildman–Crippen LogP) is 3.65. The lowest BCUT2D eigenvalue weighted by Crippen LogP contribution is -2.31. The van der Waals surface area contributed by atoms with Crippen molar-refractivity contribution in [2.24, 2.45) is 5.41 Å². The highest BCUT2D eigenvalue weighted by Gasteiger charge is 2.40. The van der Waals surface area contributed by atoms with Crippen LogP contribution in [0.3, 0.4) is 0 Å². The summed E-state index contributed by atoms with van der Waals surface area (Å²) in [5.74, 6) is 0.333. The first-order chi connectivity index (χ1) is 7.75. The molecule has 0 aromatic carbocycles. The van der Waals surface area contributed by atoms with Crippen LogP contribution >= 0.6 is 0 Å². The number of carbonyl (C=O) groups is 1. The van der Waals surface area contributed by atoms with Crippen molar-refractivity contribution >= 4 is 5.91 Å². The monoisotopic (exact) mass is 225 g/mol. The zero-order valence-corrected chi connectivity index (χ0v) is 11.0. The average molecular weight is 225 g/mol. The molecule has 1 fully saturated rings. The van der Waals surface area contributed by atoms with Gasteiger partial charge < -0.3 is 5.32 Å². The van der Waals surface area contributed by atoms with Gasteiger partial charge >= 0.3 is 0 Å². The van der Waals surface area contributed by atoms with Gasteiger partial charge in [-0.15, -0.1) is 0 Å². The Morgan fingerprint density at radius 2 is 1.62 bits per heavy atom. The Kier molecular flexibility index (Phi) is 5.86.